The van der Waals surface area contributed by atoms with E-state index in [2.05, 4.69) is 19.2 Å². The molecule has 0 fully saturated rings. The van der Waals surface area contributed by atoms with Gasteiger partial charge in [0.2, 0.25) is 5.91 Å². The molecule has 9 heteroatoms. The van der Waals surface area contributed by atoms with E-state index < -0.39 is 20.0 Å². The molecule has 2 N–H and O–H groups in total. The number of carbonyl (C=O) groups excluding carboxylic acids is 1. The van der Waals surface area contributed by atoms with E-state index >= 15 is 0 Å². The first-order valence-corrected chi connectivity index (χ1v) is 27.8. The summed E-state index contributed by atoms with van der Waals surface area (Å²) in [5.74, 6) is -0.158. The summed E-state index contributed by atoms with van der Waals surface area (Å²) in [5, 5.41) is 14.0. The van der Waals surface area contributed by atoms with E-state index in [4.69, 9.17) is 9.05 Å². The quantitative estimate of drug-likeness (QED) is 0.0358. The van der Waals surface area contributed by atoms with Gasteiger partial charge in [-0.05, 0) is 12.8 Å². The molecular formula is C51H105N2O6P. The van der Waals surface area contributed by atoms with Gasteiger partial charge in [0.15, 0.2) is 0 Å². The molecule has 0 saturated heterocycles. The van der Waals surface area contributed by atoms with E-state index in [-0.39, 0.29) is 19.1 Å². The predicted octanol–water partition coefficient (Wildman–Crippen LogP) is 14.7. The highest BCUT2D eigenvalue weighted by molar-refractivity contribution is 7.45. The number of aliphatic hydroxyl groups is 1. The Morgan fingerprint density at radius 1 is 0.517 bits per heavy atom. The molecule has 3 unspecified atom stereocenters. The van der Waals surface area contributed by atoms with Crippen LogP contribution in [0.2, 0.25) is 0 Å². The monoisotopic (exact) mass is 873 g/mol. The van der Waals surface area contributed by atoms with E-state index in [0.29, 0.717) is 23.9 Å². The van der Waals surface area contributed by atoms with E-state index in [1.165, 1.54) is 205 Å². The van der Waals surface area contributed by atoms with Gasteiger partial charge < -0.3 is 28.8 Å². The van der Waals surface area contributed by atoms with Crippen LogP contribution < -0.4 is 10.2 Å². The Balaban J connectivity index is 4.17. The van der Waals surface area contributed by atoms with Crippen LogP contribution in [0.5, 0.6) is 0 Å². The number of quaternary nitrogens is 1. The van der Waals surface area contributed by atoms with Crippen LogP contribution in [0, 0.1) is 0 Å². The second-order valence-electron chi connectivity index (χ2n) is 19.6. The van der Waals surface area contributed by atoms with Crippen LogP contribution in [0.4, 0.5) is 0 Å². The molecule has 8 nitrogen and oxygen atoms in total. The fraction of sp³-hybridized carbons (Fsp3) is 0.980. The van der Waals surface area contributed by atoms with Gasteiger partial charge in [0, 0.05) is 6.42 Å². The summed E-state index contributed by atoms with van der Waals surface area (Å²) < 4.78 is 23.4. The van der Waals surface area contributed by atoms with Crippen LogP contribution in [0.1, 0.15) is 271 Å². The molecule has 0 spiro atoms. The van der Waals surface area contributed by atoms with Crippen LogP contribution in [-0.2, 0) is 18.4 Å². The summed E-state index contributed by atoms with van der Waals surface area (Å²) >= 11 is 0. The highest BCUT2D eigenvalue weighted by Gasteiger charge is 2.24. The summed E-state index contributed by atoms with van der Waals surface area (Å²) in [6, 6.07) is -0.794. The number of phosphoric acid groups is 1. The Morgan fingerprint density at radius 3 is 1.13 bits per heavy atom. The van der Waals surface area contributed by atoms with Gasteiger partial charge in [-0.3, -0.25) is 9.36 Å². The lowest BCUT2D eigenvalue weighted by Crippen LogP contribution is -2.46. The number of hydrogen-bond acceptors (Lipinski definition) is 6. The Kier molecular flexibility index (Phi) is 43.4. The van der Waals surface area contributed by atoms with Gasteiger partial charge in [-0.25, -0.2) is 0 Å². The zero-order valence-electron chi connectivity index (χ0n) is 40.9. The standard InChI is InChI=1S/C51H105N2O6P/c1-6-8-10-12-14-16-18-20-22-24-25-26-27-28-29-31-33-35-37-39-41-43-45-51(55)52-49(48-59-60(56,57)58-47-46-53(3,4)5)50(54)44-42-40-38-36-34-32-30-23-21-19-17-15-13-11-9-7-2/h49-50,54H,6-48H2,1-5H3,(H-,52,55,56,57). The molecule has 1 amide bonds. The molecule has 60 heavy (non-hydrogen) atoms. The molecule has 0 heterocycles. The predicted molar refractivity (Wildman–Crippen MR) is 256 cm³/mol. The van der Waals surface area contributed by atoms with Crippen LogP contribution in [0.3, 0.4) is 0 Å². The molecule has 0 aliphatic heterocycles. The highest BCUT2D eigenvalue weighted by atomic mass is 31.2. The van der Waals surface area contributed by atoms with Gasteiger partial charge in [-0.15, -0.1) is 0 Å². The first-order valence-electron chi connectivity index (χ1n) is 26.4. The highest BCUT2D eigenvalue weighted by Crippen LogP contribution is 2.38. The maximum atomic E-state index is 12.9. The van der Waals surface area contributed by atoms with Crippen molar-refractivity contribution in [2.24, 2.45) is 0 Å². The number of unbranched alkanes of at least 4 members (excludes halogenated alkanes) is 36. The molecule has 360 valence electrons. The molecule has 0 aliphatic carbocycles. The zero-order valence-corrected chi connectivity index (χ0v) is 41.8. The van der Waals surface area contributed by atoms with Crippen molar-refractivity contribution in [1.29, 1.82) is 0 Å². The normalized spacial score (nSPS) is 14.1. The first-order chi connectivity index (χ1) is 29.0. The Hall–Kier alpha value is -0.500. The lowest BCUT2D eigenvalue weighted by atomic mass is 10.0. The van der Waals surface area contributed by atoms with Crippen molar-refractivity contribution in [3.05, 3.63) is 0 Å². The van der Waals surface area contributed by atoms with Crippen LogP contribution in [0.25, 0.3) is 0 Å². The third kappa shape index (κ3) is 45.5. The van der Waals surface area contributed by atoms with Gasteiger partial charge in [-0.2, -0.15) is 0 Å². The van der Waals surface area contributed by atoms with Crippen molar-refractivity contribution >= 4 is 13.7 Å². The minimum absolute atomic E-state index is 0.0164. The summed E-state index contributed by atoms with van der Waals surface area (Å²) in [6.07, 6.45) is 49.7. The van der Waals surface area contributed by atoms with Crippen molar-refractivity contribution < 1.29 is 32.9 Å². The minimum atomic E-state index is -4.56. The third-order valence-corrected chi connectivity index (χ3v) is 13.3. The Labute approximate surface area is 374 Å². The number of phosphoric ester groups is 1. The molecule has 0 rings (SSSR count). The molecular weight excluding hydrogens is 768 g/mol. The van der Waals surface area contributed by atoms with Gasteiger partial charge in [-0.1, -0.05) is 251 Å². The summed E-state index contributed by atoms with van der Waals surface area (Å²) in [7, 11) is 1.32. The maximum absolute atomic E-state index is 12.9. The third-order valence-electron chi connectivity index (χ3n) is 12.3. The fourth-order valence-electron chi connectivity index (χ4n) is 8.16. The summed E-state index contributed by atoms with van der Waals surface area (Å²) in [5.41, 5.74) is 0. The number of nitrogens with zero attached hydrogens (tertiary/aromatic N) is 1. The lowest BCUT2D eigenvalue weighted by Gasteiger charge is -2.30. The number of amides is 1. The van der Waals surface area contributed by atoms with E-state index in [9.17, 15) is 19.4 Å². The van der Waals surface area contributed by atoms with Crippen molar-refractivity contribution in [1.82, 2.24) is 5.32 Å². The van der Waals surface area contributed by atoms with Crippen LogP contribution in [-0.4, -0.2) is 68.5 Å². The second-order valence-corrected chi connectivity index (χ2v) is 21.0. The zero-order chi connectivity index (χ0) is 44.3. The summed E-state index contributed by atoms with van der Waals surface area (Å²) in [6.45, 7) is 4.76. The Morgan fingerprint density at radius 2 is 0.817 bits per heavy atom. The lowest BCUT2D eigenvalue weighted by molar-refractivity contribution is -0.870. The van der Waals surface area contributed by atoms with Crippen molar-refractivity contribution in [2.75, 3.05) is 40.9 Å². The number of likely N-dealkylation sites (N-methyl/N-ethyl adjacent to an activating group) is 1. The average molecular weight is 873 g/mol. The largest absolute Gasteiger partial charge is 0.756 e. The van der Waals surface area contributed by atoms with Crippen molar-refractivity contribution in [3.63, 3.8) is 0 Å². The molecule has 0 saturated carbocycles. The number of rotatable bonds is 49. The number of hydrogen-bond donors (Lipinski definition) is 2. The van der Waals surface area contributed by atoms with E-state index in [1.54, 1.807) is 0 Å². The molecule has 0 bridgehead atoms. The first kappa shape index (κ1) is 59.5. The average Bonchev–Trinajstić information content (AvgIpc) is 3.20. The van der Waals surface area contributed by atoms with Crippen LogP contribution in [0.15, 0.2) is 0 Å². The SMILES string of the molecule is CCCCCCCCCCCCCCCCCCCCCCCCC(=O)NC(COP(=O)([O-])OCC[N+](C)(C)C)C(O)CCCCCCCCCCCCCCCCCC. The molecule has 0 aromatic heterocycles. The van der Waals surface area contributed by atoms with E-state index in [0.717, 1.165) is 38.5 Å². The smallest absolute Gasteiger partial charge is 0.268 e. The molecule has 0 aromatic rings. The number of nitrogens with one attached hydrogen (secondary N) is 1. The topological polar surface area (TPSA) is 108 Å². The van der Waals surface area contributed by atoms with Gasteiger partial charge in [0.25, 0.3) is 7.82 Å². The van der Waals surface area contributed by atoms with Crippen molar-refractivity contribution in [2.45, 2.75) is 283 Å². The number of aliphatic hydroxyl groups excluding tert-OH is 1. The van der Waals surface area contributed by atoms with Crippen LogP contribution >= 0.6 is 7.82 Å². The Bertz CT molecular complexity index is 947. The second kappa shape index (κ2) is 43.7. The molecule has 0 aliphatic rings. The van der Waals surface area contributed by atoms with Gasteiger partial charge in [0.1, 0.15) is 13.2 Å². The fourth-order valence-corrected chi connectivity index (χ4v) is 8.88. The maximum Gasteiger partial charge on any atom is 0.268 e. The summed E-state index contributed by atoms with van der Waals surface area (Å²) in [4.78, 5) is 25.4. The molecule has 0 aromatic carbocycles. The molecule has 3 atom stereocenters. The molecule has 0 radical (unpaired) electrons. The van der Waals surface area contributed by atoms with Gasteiger partial charge in [0.05, 0.1) is 39.9 Å². The number of carbonyl (C=O) groups is 1. The van der Waals surface area contributed by atoms with Crippen molar-refractivity contribution in [3.8, 4) is 0 Å². The van der Waals surface area contributed by atoms with E-state index in [1.807, 2.05) is 21.1 Å². The minimum Gasteiger partial charge on any atom is -0.756 e. The van der Waals surface area contributed by atoms with Gasteiger partial charge >= 0.3 is 0 Å².